The van der Waals surface area contributed by atoms with Crippen molar-refractivity contribution in [1.29, 1.82) is 0 Å². The van der Waals surface area contributed by atoms with Crippen LogP contribution in [0.4, 0.5) is 5.69 Å². The third-order valence-electron chi connectivity index (χ3n) is 3.89. The summed E-state index contributed by atoms with van der Waals surface area (Å²) in [4.78, 5) is 28.6. The lowest BCUT2D eigenvalue weighted by Gasteiger charge is -2.09. The number of hydrogen-bond donors (Lipinski definition) is 1. The molecule has 27 heavy (non-hydrogen) atoms. The molecule has 5 heteroatoms. The van der Waals surface area contributed by atoms with Crippen LogP contribution in [0.1, 0.15) is 26.3 Å². The van der Waals surface area contributed by atoms with Crippen LogP contribution in [-0.4, -0.2) is 23.8 Å². The van der Waals surface area contributed by atoms with Gasteiger partial charge in [0.25, 0.3) is 5.91 Å². The van der Waals surface area contributed by atoms with E-state index in [4.69, 9.17) is 4.74 Å². The first-order valence-electron chi connectivity index (χ1n) is 8.34. The van der Waals surface area contributed by atoms with Gasteiger partial charge in [-0.1, -0.05) is 18.2 Å². The number of allylic oxidation sites excluding steroid dienone is 1. The van der Waals surface area contributed by atoms with Crippen molar-refractivity contribution in [3.05, 3.63) is 95.8 Å². The van der Waals surface area contributed by atoms with Crippen molar-refractivity contribution in [2.24, 2.45) is 0 Å². The number of methoxy groups -OCH3 is 1. The number of ether oxygens (including phenoxy) is 1. The standard InChI is InChI=1S/C22H18N2O3/c1-27-21-7-3-2-6-19(21)22(26)24-18-11-9-17(10-12-18)20(25)13-8-16-5-4-14-23-15-16/h2-15H,1H3,(H,24,26)/b13-8+. The number of aromatic nitrogens is 1. The second-order valence-electron chi connectivity index (χ2n) is 5.72. The molecular formula is C22H18N2O3. The van der Waals surface area contributed by atoms with Crippen molar-refractivity contribution in [3.8, 4) is 5.75 Å². The SMILES string of the molecule is COc1ccccc1C(=O)Nc1ccc(C(=O)/C=C/c2cccnc2)cc1. The highest BCUT2D eigenvalue weighted by Crippen LogP contribution is 2.19. The molecule has 0 aliphatic rings. The largest absolute Gasteiger partial charge is 0.496 e. The minimum absolute atomic E-state index is 0.124. The minimum atomic E-state index is -0.275. The van der Waals surface area contributed by atoms with Gasteiger partial charge < -0.3 is 10.1 Å². The molecule has 0 aliphatic heterocycles. The first kappa shape index (κ1) is 18.1. The summed E-state index contributed by atoms with van der Waals surface area (Å²) in [5.74, 6) is 0.104. The Morgan fingerprint density at radius 2 is 1.78 bits per heavy atom. The average Bonchev–Trinajstić information content (AvgIpc) is 2.73. The summed E-state index contributed by atoms with van der Waals surface area (Å²) in [5.41, 5.74) is 2.43. The summed E-state index contributed by atoms with van der Waals surface area (Å²) in [5, 5.41) is 2.80. The Balaban J connectivity index is 1.67. The van der Waals surface area contributed by atoms with E-state index in [1.807, 2.05) is 12.1 Å². The molecule has 1 N–H and O–H groups in total. The average molecular weight is 358 g/mol. The molecule has 1 aromatic heterocycles. The van der Waals surface area contributed by atoms with Crippen molar-refractivity contribution in [3.63, 3.8) is 0 Å². The van der Waals surface area contributed by atoms with Crippen molar-refractivity contribution in [1.82, 2.24) is 4.98 Å². The molecular weight excluding hydrogens is 340 g/mol. The van der Waals surface area contributed by atoms with E-state index in [0.717, 1.165) is 5.56 Å². The molecule has 0 aliphatic carbocycles. The fraction of sp³-hybridized carbons (Fsp3) is 0.0455. The zero-order valence-corrected chi connectivity index (χ0v) is 14.8. The molecule has 0 radical (unpaired) electrons. The Morgan fingerprint density at radius 1 is 1.00 bits per heavy atom. The van der Waals surface area contributed by atoms with Gasteiger partial charge in [-0.3, -0.25) is 14.6 Å². The van der Waals surface area contributed by atoms with E-state index < -0.39 is 0 Å². The van der Waals surface area contributed by atoms with E-state index in [0.29, 0.717) is 22.6 Å². The van der Waals surface area contributed by atoms with Crippen molar-refractivity contribution < 1.29 is 14.3 Å². The summed E-state index contributed by atoms with van der Waals surface area (Å²) >= 11 is 0. The second-order valence-corrected chi connectivity index (χ2v) is 5.72. The summed E-state index contributed by atoms with van der Waals surface area (Å²) in [6.07, 6.45) is 6.57. The highest BCUT2D eigenvalue weighted by atomic mass is 16.5. The molecule has 0 fully saturated rings. The Labute approximate surface area is 157 Å². The van der Waals surface area contributed by atoms with E-state index in [9.17, 15) is 9.59 Å². The number of anilines is 1. The predicted octanol–water partition coefficient (Wildman–Crippen LogP) is 4.24. The fourth-order valence-electron chi connectivity index (χ4n) is 2.49. The number of para-hydroxylation sites is 1. The Bertz CT molecular complexity index is 964. The minimum Gasteiger partial charge on any atom is -0.496 e. The van der Waals surface area contributed by atoms with Crippen molar-refractivity contribution >= 4 is 23.5 Å². The number of hydrogen-bond acceptors (Lipinski definition) is 4. The van der Waals surface area contributed by atoms with E-state index >= 15 is 0 Å². The monoisotopic (exact) mass is 358 g/mol. The van der Waals surface area contributed by atoms with Crippen molar-refractivity contribution in [2.75, 3.05) is 12.4 Å². The molecule has 3 rings (SSSR count). The summed E-state index contributed by atoms with van der Waals surface area (Å²) in [6, 6.07) is 17.4. The predicted molar refractivity (Wildman–Crippen MR) is 105 cm³/mol. The molecule has 2 aromatic carbocycles. The van der Waals surface area contributed by atoms with Gasteiger partial charge in [0, 0.05) is 23.6 Å². The lowest BCUT2D eigenvalue weighted by Crippen LogP contribution is -2.13. The van der Waals surface area contributed by atoms with Crippen LogP contribution in [0.25, 0.3) is 6.08 Å². The number of benzene rings is 2. The zero-order valence-electron chi connectivity index (χ0n) is 14.8. The maximum Gasteiger partial charge on any atom is 0.259 e. The number of nitrogens with zero attached hydrogens (tertiary/aromatic N) is 1. The first-order valence-corrected chi connectivity index (χ1v) is 8.34. The Hall–Kier alpha value is -3.73. The van der Waals surface area contributed by atoms with Crippen LogP contribution < -0.4 is 10.1 Å². The zero-order chi connectivity index (χ0) is 19.1. The van der Waals surface area contributed by atoms with E-state index in [2.05, 4.69) is 10.3 Å². The second kappa shape index (κ2) is 8.58. The fourth-order valence-corrected chi connectivity index (χ4v) is 2.49. The van der Waals surface area contributed by atoms with Crippen molar-refractivity contribution in [2.45, 2.75) is 0 Å². The number of nitrogens with one attached hydrogen (secondary N) is 1. The molecule has 3 aromatic rings. The quantitative estimate of drug-likeness (QED) is 0.529. The maximum absolute atomic E-state index is 12.4. The summed E-state index contributed by atoms with van der Waals surface area (Å²) in [7, 11) is 1.52. The number of carbonyl (C=O) groups is 2. The van der Waals surface area contributed by atoms with Gasteiger partial charge in [0.15, 0.2) is 5.78 Å². The number of amides is 1. The summed E-state index contributed by atoms with van der Waals surface area (Å²) < 4.78 is 5.20. The number of pyridine rings is 1. The van der Waals surface area contributed by atoms with Gasteiger partial charge in [-0.25, -0.2) is 0 Å². The molecule has 0 saturated heterocycles. The smallest absolute Gasteiger partial charge is 0.259 e. The van der Waals surface area contributed by atoms with Crippen LogP contribution in [0, 0.1) is 0 Å². The van der Waals surface area contributed by atoms with Gasteiger partial charge in [-0.05, 0) is 60.2 Å². The molecule has 0 unspecified atom stereocenters. The normalized spacial score (nSPS) is 10.6. The molecule has 0 spiro atoms. The van der Waals surface area contributed by atoms with Crippen LogP contribution in [0.15, 0.2) is 79.1 Å². The maximum atomic E-state index is 12.4. The van der Waals surface area contributed by atoms with Crippen LogP contribution >= 0.6 is 0 Å². The third kappa shape index (κ3) is 4.67. The molecule has 0 atom stereocenters. The number of ketones is 1. The van der Waals surface area contributed by atoms with Crippen LogP contribution in [0.3, 0.4) is 0 Å². The lowest BCUT2D eigenvalue weighted by molar-refractivity contribution is 0.102. The summed E-state index contributed by atoms with van der Waals surface area (Å²) in [6.45, 7) is 0. The third-order valence-corrected chi connectivity index (χ3v) is 3.89. The topological polar surface area (TPSA) is 68.3 Å². The molecule has 0 saturated carbocycles. The van der Waals surface area contributed by atoms with Crippen LogP contribution in [0.2, 0.25) is 0 Å². The van der Waals surface area contributed by atoms with Gasteiger partial charge in [0.1, 0.15) is 5.75 Å². The lowest BCUT2D eigenvalue weighted by atomic mass is 10.1. The molecule has 134 valence electrons. The highest BCUT2D eigenvalue weighted by Gasteiger charge is 2.11. The van der Waals surface area contributed by atoms with E-state index in [1.54, 1.807) is 67.0 Å². The number of rotatable bonds is 6. The van der Waals surface area contributed by atoms with Gasteiger partial charge in [-0.2, -0.15) is 0 Å². The number of carbonyl (C=O) groups excluding carboxylic acids is 2. The van der Waals surface area contributed by atoms with Gasteiger partial charge in [0.05, 0.1) is 12.7 Å². The van der Waals surface area contributed by atoms with Crippen LogP contribution in [0.5, 0.6) is 5.75 Å². The first-order chi connectivity index (χ1) is 13.2. The highest BCUT2D eigenvalue weighted by molar-refractivity contribution is 6.08. The van der Waals surface area contributed by atoms with Gasteiger partial charge in [-0.15, -0.1) is 0 Å². The molecule has 5 nitrogen and oxygen atoms in total. The Kier molecular flexibility index (Phi) is 5.74. The van der Waals surface area contributed by atoms with E-state index in [1.165, 1.54) is 13.2 Å². The van der Waals surface area contributed by atoms with Crippen LogP contribution in [-0.2, 0) is 0 Å². The van der Waals surface area contributed by atoms with Gasteiger partial charge in [0.2, 0.25) is 0 Å². The molecule has 1 amide bonds. The molecule has 0 bridgehead atoms. The van der Waals surface area contributed by atoms with Gasteiger partial charge >= 0.3 is 0 Å². The van der Waals surface area contributed by atoms with E-state index in [-0.39, 0.29) is 11.7 Å². The Morgan fingerprint density at radius 3 is 2.48 bits per heavy atom. The molecule has 1 heterocycles.